The van der Waals surface area contributed by atoms with Gasteiger partial charge in [-0.3, -0.25) is 4.90 Å². The molecule has 0 aromatic heterocycles. The molecule has 2 heterocycles. The van der Waals surface area contributed by atoms with E-state index in [1.807, 2.05) is 12.1 Å². The first-order valence-corrected chi connectivity index (χ1v) is 9.16. The molecular formula is C19H26N4O4. The maximum Gasteiger partial charge on any atom is 0.337 e. The average molecular weight is 374 g/mol. The molecule has 0 saturated carbocycles. The predicted octanol–water partition coefficient (Wildman–Crippen LogP) is 0.947. The Labute approximate surface area is 159 Å². The van der Waals surface area contributed by atoms with Crippen LogP contribution in [0.3, 0.4) is 0 Å². The highest BCUT2D eigenvalue weighted by Crippen LogP contribution is 2.21. The smallest absolute Gasteiger partial charge is 0.337 e. The molecule has 0 bridgehead atoms. The van der Waals surface area contributed by atoms with E-state index in [1.54, 1.807) is 14.0 Å². The van der Waals surface area contributed by atoms with Crippen molar-refractivity contribution in [2.24, 2.45) is 0 Å². The zero-order valence-electron chi connectivity index (χ0n) is 15.8. The largest absolute Gasteiger partial charge is 0.497 e. The van der Waals surface area contributed by atoms with Crippen molar-refractivity contribution < 1.29 is 19.1 Å². The van der Waals surface area contributed by atoms with Gasteiger partial charge in [0.25, 0.3) is 0 Å². The van der Waals surface area contributed by atoms with Crippen molar-refractivity contribution in [3.05, 3.63) is 35.5 Å². The summed E-state index contributed by atoms with van der Waals surface area (Å²) >= 11 is 0. The molecule has 1 saturated heterocycles. The number of carbonyl (C=O) groups excluding carboxylic acids is 2. The number of esters is 1. The first-order chi connectivity index (χ1) is 13.1. The quantitative estimate of drug-likeness (QED) is 0.722. The highest BCUT2D eigenvalue weighted by atomic mass is 16.5. The molecule has 8 nitrogen and oxygen atoms in total. The van der Waals surface area contributed by atoms with Crippen LogP contribution in [0.4, 0.5) is 10.5 Å². The maximum absolute atomic E-state index is 12.1. The SMILES string of the molecule is CCOC(=O)C1=C(CN2CCN(c3ccc(OC)cc3)CC2)NC(=O)NC1. The van der Waals surface area contributed by atoms with Crippen LogP contribution >= 0.6 is 0 Å². The van der Waals surface area contributed by atoms with Gasteiger partial charge in [0.05, 0.1) is 25.8 Å². The molecule has 3 rings (SSSR count). The van der Waals surface area contributed by atoms with Crippen LogP contribution in [0.5, 0.6) is 5.75 Å². The number of hydrogen-bond acceptors (Lipinski definition) is 6. The summed E-state index contributed by atoms with van der Waals surface area (Å²) in [6.07, 6.45) is 0. The minimum Gasteiger partial charge on any atom is -0.497 e. The van der Waals surface area contributed by atoms with Gasteiger partial charge in [0.15, 0.2) is 0 Å². The number of nitrogens with zero attached hydrogens (tertiary/aromatic N) is 2. The Balaban J connectivity index is 1.61. The molecule has 0 aliphatic carbocycles. The summed E-state index contributed by atoms with van der Waals surface area (Å²) in [5.74, 6) is 0.467. The van der Waals surface area contributed by atoms with Crippen molar-refractivity contribution in [2.75, 3.05) is 57.9 Å². The molecule has 0 atom stereocenters. The Kier molecular flexibility index (Phi) is 6.18. The van der Waals surface area contributed by atoms with E-state index < -0.39 is 0 Å². The number of rotatable bonds is 6. The number of carbonyl (C=O) groups is 2. The minimum absolute atomic E-state index is 0.200. The standard InChI is InChI=1S/C19H26N4O4/c1-3-27-18(24)16-12-20-19(25)21-17(16)13-22-8-10-23(11-9-22)14-4-6-15(26-2)7-5-14/h4-7H,3,8-13H2,1-2H3,(H2,20,21,25). The second kappa shape index (κ2) is 8.77. The normalized spacial score (nSPS) is 18.0. The Morgan fingerprint density at radius 2 is 1.85 bits per heavy atom. The number of ether oxygens (including phenoxy) is 2. The summed E-state index contributed by atoms with van der Waals surface area (Å²) in [5.41, 5.74) is 2.29. The fourth-order valence-corrected chi connectivity index (χ4v) is 3.26. The first-order valence-electron chi connectivity index (χ1n) is 9.16. The number of benzene rings is 1. The van der Waals surface area contributed by atoms with Crippen molar-refractivity contribution in [3.8, 4) is 5.75 Å². The molecule has 0 radical (unpaired) electrons. The molecule has 2 N–H and O–H groups in total. The summed E-state index contributed by atoms with van der Waals surface area (Å²) in [4.78, 5) is 28.4. The van der Waals surface area contributed by atoms with Crippen LogP contribution < -0.4 is 20.3 Å². The van der Waals surface area contributed by atoms with Crippen LogP contribution in [0, 0.1) is 0 Å². The lowest BCUT2D eigenvalue weighted by Gasteiger charge is -2.37. The van der Waals surface area contributed by atoms with Crippen LogP contribution in [0.25, 0.3) is 0 Å². The number of nitrogens with one attached hydrogen (secondary N) is 2. The molecule has 27 heavy (non-hydrogen) atoms. The molecule has 2 amide bonds. The Morgan fingerprint density at radius 1 is 1.15 bits per heavy atom. The number of anilines is 1. The predicted molar refractivity (Wildman–Crippen MR) is 102 cm³/mol. The van der Waals surface area contributed by atoms with E-state index in [0.29, 0.717) is 24.4 Å². The molecule has 146 valence electrons. The first kappa shape index (κ1) is 19.0. The van der Waals surface area contributed by atoms with Gasteiger partial charge in [-0.25, -0.2) is 9.59 Å². The Hall–Kier alpha value is -2.74. The summed E-state index contributed by atoms with van der Waals surface area (Å²) in [6.45, 7) is 6.24. The molecule has 1 fully saturated rings. The van der Waals surface area contributed by atoms with E-state index >= 15 is 0 Å². The molecule has 8 heteroatoms. The Morgan fingerprint density at radius 3 is 2.48 bits per heavy atom. The van der Waals surface area contributed by atoms with Crippen LogP contribution in [-0.2, 0) is 9.53 Å². The highest BCUT2D eigenvalue weighted by molar-refractivity contribution is 5.93. The topological polar surface area (TPSA) is 83.1 Å². The molecule has 1 aromatic rings. The number of urea groups is 1. The van der Waals surface area contributed by atoms with E-state index in [4.69, 9.17) is 9.47 Å². The van der Waals surface area contributed by atoms with Crippen LogP contribution in [0.1, 0.15) is 6.92 Å². The van der Waals surface area contributed by atoms with E-state index in [-0.39, 0.29) is 18.5 Å². The molecule has 0 spiro atoms. The summed E-state index contributed by atoms with van der Waals surface area (Å²) in [5, 5.41) is 5.40. The van der Waals surface area contributed by atoms with Crippen LogP contribution in [-0.4, -0.2) is 69.9 Å². The number of piperazine rings is 1. The van der Waals surface area contributed by atoms with Crippen molar-refractivity contribution in [1.29, 1.82) is 0 Å². The van der Waals surface area contributed by atoms with E-state index in [1.165, 1.54) is 0 Å². The number of hydrogen-bond donors (Lipinski definition) is 2. The van der Waals surface area contributed by atoms with Crippen LogP contribution in [0.15, 0.2) is 35.5 Å². The second-order valence-electron chi connectivity index (χ2n) is 6.45. The third-order valence-corrected chi connectivity index (χ3v) is 4.77. The lowest BCUT2D eigenvalue weighted by atomic mass is 10.1. The summed E-state index contributed by atoms with van der Waals surface area (Å²) in [7, 11) is 1.66. The zero-order valence-corrected chi connectivity index (χ0v) is 15.8. The third-order valence-electron chi connectivity index (χ3n) is 4.77. The average Bonchev–Trinajstić information content (AvgIpc) is 2.69. The van der Waals surface area contributed by atoms with Gasteiger partial charge in [-0.05, 0) is 31.2 Å². The van der Waals surface area contributed by atoms with Gasteiger partial charge in [-0.15, -0.1) is 0 Å². The fourth-order valence-electron chi connectivity index (χ4n) is 3.26. The van der Waals surface area contributed by atoms with Gasteiger partial charge in [0.2, 0.25) is 0 Å². The van der Waals surface area contributed by atoms with Crippen LogP contribution in [0.2, 0.25) is 0 Å². The van der Waals surface area contributed by atoms with Gasteiger partial charge >= 0.3 is 12.0 Å². The molecule has 1 aromatic carbocycles. The molecule has 0 unspecified atom stereocenters. The minimum atomic E-state index is -0.378. The van der Waals surface area contributed by atoms with E-state index in [9.17, 15) is 9.59 Å². The number of amides is 2. The van der Waals surface area contributed by atoms with Gasteiger partial charge in [0.1, 0.15) is 5.75 Å². The van der Waals surface area contributed by atoms with E-state index in [0.717, 1.165) is 37.6 Å². The maximum atomic E-state index is 12.1. The lowest BCUT2D eigenvalue weighted by molar-refractivity contribution is -0.138. The molecule has 2 aliphatic rings. The zero-order chi connectivity index (χ0) is 19.2. The van der Waals surface area contributed by atoms with Crippen molar-refractivity contribution in [3.63, 3.8) is 0 Å². The fraction of sp³-hybridized carbons (Fsp3) is 0.474. The monoisotopic (exact) mass is 374 g/mol. The van der Waals surface area contributed by atoms with Crippen molar-refractivity contribution >= 4 is 17.7 Å². The third kappa shape index (κ3) is 4.71. The highest BCUT2D eigenvalue weighted by Gasteiger charge is 2.26. The lowest BCUT2D eigenvalue weighted by Crippen LogP contribution is -2.51. The molecular weight excluding hydrogens is 348 g/mol. The van der Waals surface area contributed by atoms with Gasteiger partial charge in [-0.1, -0.05) is 0 Å². The van der Waals surface area contributed by atoms with Gasteiger partial charge in [-0.2, -0.15) is 0 Å². The summed E-state index contributed by atoms with van der Waals surface area (Å²) in [6, 6.07) is 7.76. The van der Waals surface area contributed by atoms with Gasteiger partial charge in [0, 0.05) is 44.1 Å². The van der Waals surface area contributed by atoms with Gasteiger partial charge < -0.3 is 25.0 Å². The Bertz CT molecular complexity index is 709. The van der Waals surface area contributed by atoms with Crippen molar-refractivity contribution in [1.82, 2.24) is 15.5 Å². The second-order valence-corrected chi connectivity index (χ2v) is 6.45. The number of methoxy groups -OCH3 is 1. The van der Waals surface area contributed by atoms with Crippen molar-refractivity contribution in [2.45, 2.75) is 6.92 Å². The van der Waals surface area contributed by atoms with E-state index in [2.05, 4.69) is 32.6 Å². The molecule has 2 aliphatic heterocycles. The summed E-state index contributed by atoms with van der Waals surface area (Å²) < 4.78 is 10.3.